The molecule has 0 amide bonds. The molecule has 0 unspecified atom stereocenters. The molecule has 2 aromatic rings. The summed E-state index contributed by atoms with van der Waals surface area (Å²) in [5.74, 6) is 0.769. The van der Waals surface area contributed by atoms with Crippen molar-refractivity contribution in [3.05, 3.63) is 45.9 Å². The van der Waals surface area contributed by atoms with Gasteiger partial charge in [-0.1, -0.05) is 19.3 Å². The van der Waals surface area contributed by atoms with Gasteiger partial charge in [-0.15, -0.1) is 0 Å². The minimum absolute atomic E-state index is 0.0465. The lowest BCUT2D eigenvalue weighted by atomic mass is 9.96. The molecule has 5 heteroatoms. The van der Waals surface area contributed by atoms with Crippen molar-refractivity contribution >= 4 is 5.71 Å². The highest BCUT2D eigenvalue weighted by Crippen LogP contribution is 2.21. The molecular weight excluding hydrogens is 302 g/mol. The van der Waals surface area contributed by atoms with Crippen LogP contribution < -0.4 is 10.3 Å². The maximum absolute atomic E-state index is 12.8. The number of hydrogen-bond donors (Lipinski definition) is 1. The van der Waals surface area contributed by atoms with Gasteiger partial charge in [-0.3, -0.25) is 14.9 Å². The van der Waals surface area contributed by atoms with E-state index in [2.05, 4.69) is 5.10 Å². The number of aryl methyl sites for hydroxylation is 1. The van der Waals surface area contributed by atoms with Crippen LogP contribution >= 0.6 is 0 Å². The first-order valence-corrected chi connectivity index (χ1v) is 8.61. The number of hydrogen-bond acceptors (Lipinski definition) is 3. The van der Waals surface area contributed by atoms with Crippen LogP contribution in [0.5, 0.6) is 5.75 Å². The molecular formula is C19H25N3O2. The fourth-order valence-corrected chi connectivity index (χ4v) is 3.43. The van der Waals surface area contributed by atoms with Gasteiger partial charge < -0.3 is 4.74 Å². The van der Waals surface area contributed by atoms with Crippen LogP contribution in [0.15, 0.2) is 34.1 Å². The third-order valence-electron chi connectivity index (χ3n) is 4.71. The van der Waals surface area contributed by atoms with Crippen LogP contribution in [0.25, 0.3) is 5.69 Å². The molecule has 5 nitrogen and oxygen atoms in total. The Bertz CT molecular complexity index is 778. The van der Waals surface area contributed by atoms with E-state index in [-0.39, 0.29) is 5.56 Å². The van der Waals surface area contributed by atoms with Gasteiger partial charge in [0, 0.05) is 11.4 Å². The maximum Gasteiger partial charge on any atom is 0.280 e. The van der Waals surface area contributed by atoms with Gasteiger partial charge in [-0.25, -0.2) is 4.68 Å². The number of nitrogens with zero attached hydrogens (tertiary/aromatic N) is 2. The fourth-order valence-electron chi connectivity index (χ4n) is 3.43. The van der Waals surface area contributed by atoms with E-state index in [1.807, 2.05) is 38.1 Å². The van der Waals surface area contributed by atoms with E-state index >= 15 is 0 Å². The van der Waals surface area contributed by atoms with E-state index in [4.69, 9.17) is 9.73 Å². The van der Waals surface area contributed by atoms with E-state index in [1.165, 1.54) is 19.3 Å². The second kappa shape index (κ2) is 7.07. The summed E-state index contributed by atoms with van der Waals surface area (Å²) in [5.41, 5.74) is 3.13. The van der Waals surface area contributed by atoms with Crippen LogP contribution in [0.1, 0.15) is 50.3 Å². The summed E-state index contributed by atoms with van der Waals surface area (Å²) in [4.78, 5) is 17.7. The number of H-pyrrole nitrogens is 1. The Balaban J connectivity index is 1.93. The molecule has 0 aliphatic heterocycles. The molecule has 1 heterocycles. The average molecular weight is 327 g/mol. The molecule has 1 saturated carbocycles. The summed E-state index contributed by atoms with van der Waals surface area (Å²) < 4.78 is 6.74. The zero-order valence-electron chi connectivity index (χ0n) is 14.6. The van der Waals surface area contributed by atoms with Gasteiger partial charge in [0.2, 0.25) is 0 Å². The normalized spacial score (nSPS) is 16.4. The second-order valence-corrected chi connectivity index (χ2v) is 6.46. The van der Waals surface area contributed by atoms with Gasteiger partial charge in [-0.2, -0.15) is 0 Å². The third-order valence-corrected chi connectivity index (χ3v) is 4.71. The summed E-state index contributed by atoms with van der Waals surface area (Å²) in [6.07, 6.45) is 6.05. The van der Waals surface area contributed by atoms with E-state index in [0.717, 1.165) is 35.7 Å². The van der Waals surface area contributed by atoms with Gasteiger partial charge in [0.15, 0.2) is 0 Å². The van der Waals surface area contributed by atoms with Gasteiger partial charge in [0.05, 0.1) is 24.4 Å². The van der Waals surface area contributed by atoms with Crippen molar-refractivity contribution in [3.63, 3.8) is 0 Å². The van der Waals surface area contributed by atoms with Crippen LogP contribution in [0.3, 0.4) is 0 Å². The Morgan fingerprint density at radius 2 is 1.88 bits per heavy atom. The lowest BCUT2D eigenvalue weighted by Crippen LogP contribution is -2.21. The second-order valence-electron chi connectivity index (χ2n) is 6.46. The summed E-state index contributed by atoms with van der Waals surface area (Å²) >= 11 is 0. The third kappa shape index (κ3) is 3.30. The highest BCUT2D eigenvalue weighted by atomic mass is 16.5. The molecule has 1 N–H and O–H groups in total. The molecule has 3 rings (SSSR count). The zero-order chi connectivity index (χ0) is 17.1. The van der Waals surface area contributed by atoms with Crippen LogP contribution in [-0.2, 0) is 0 Å². The van der Waals surface area contributed by atoms with Crippen LogP contribution in [0.4, 0.5) is 0 Å². The highest BCUT2D eigenvalue weighted by molar-refractivity contribution is 5.99. The summed E-state index contributed by atoms with van der Waals surface area (Å²) in [6, 6.07) is 7.80. The SMILES string of the molecule is COc1ccc(-n2[nH]c(C)c(C(C)=NC3CCCCC3)c2=O)cc1. The van der Waals surface area contributed by atoms with Crippen molar-refractivity contribution in [2.75, 3.05) is 7.11 Å². The minimum atomic E-state index is -0.0465. The summed E-state index contributed by atoms with van der Waals surface area (Å²) in [7, 11) is 1.63. The van der Waals surface area contributed by atoms with Crippen molar-refractivity contribution in [2.45, 2.75) is 52.0 Å². The molecule has 1 aromatic heterocycles. The number of aromatic amines is 1. The van der Waals surface area contributed by atoms with Gasteiger partial charge in [0.1, 0.15) is 5.75 Å². The van der Waals surface area contributed by atoms with E-state index in [0.29, 0.717) is 11.6 Å². The standard InChI is InChI=1S/C19H25N3O2/c1-13(20-15-7-5-4-6-8-15)18-14(2)21-22(19(18)23)16-9-11-17(24-3)12-10-16/h9-12,15,21H,4-8H2,1-3H3. The molecule has 128 valence electrons. The molecule has 24 heavy (non-hydrogen) atoms. The monoisotopic (exact) mass is 327 g/mol. The highest BCUT2D eigenvalue weighted by Gasteiger charge is 2.18. The number of methoxy groups -OCH3 is 1. The first kappa shape index (κ1) is 16.6. The molecule has 0 radical (unpaired) electrons. The van der Waals surface area contributed by atoms with Crippen molar-refractivity contribution in [1.82, 2.24) is 9.78 Å². The lowest BCUT2D eigenvalue weighted by Gasteiger charge is -2.18. The smallest absolute Gasteiger partial charge is 0.280 e. The molecule has 1 fully saturated rings. The first-order valence-electron chi connectivity index (χ1n) is 8.61. The zero-order valence-corrected chi connectivity index (χ0v) is 14.6. The molecule has 1 aliphatic rings. The fraction of sp³-hybridized carbons (Fsp3) is 0.474. The van der Waals surface area contributed by atoms with Crippen LogP contribution in [-0.4, -0.2) is 28.6 Å². The molecule has 0 atom stereocenters. The van der Waals surface area contributed by atoms with E-state index in [9.17, 15) is 4.79 Å². The lowest BCUT2D eigenvalue weighted by molar-refractivity contribution is 0.414. The Morgan fingerprint density at radius 1 is 1.21 bits per heavy atom. The van der Waals surface area contributed by atoms with Crippen molar-refractivity contribution in [2.24, 2.45) is 4.99 Å². The summed E-state index contributed by atoms with van der Waals surface area (Å²) in [6.45, 7) is 3.88. The number of benzene rings is 1. The number of ether oxygens (including phenoxy) is 1. The number of rotatable bonds is 4. The first-order chi connectivity index (χ1) is 11.6. The van der Waals surface area contributed by atoms with Crippen molar-refractivity contribution in [3.8, 4) is 11.4 Å². The Hall–Kier alpha value is -2.30. The Morgan fingerprint density at radius 3 is 2.50 bits per heavy atom. The Labute approximate surface area is 142 Å². The van der Waals surface area contributed by atoms with Crippen LogP contribution in [0, 0.1) is 6.92 Å². The maximum atomic E-state index is 12.8. The van der Waals surface area contributed by atoms with Crippen molar-refractivity contribution < 1.29 is 4.74 Å². The van der Waals surface area contributed by atoms with Crippen LogP contribution in [0.2, 0.25) is 0 Å². The van der Waals surface area contributed by atoms with Crippen molar-refractivity contribution in [1.29, 1.82) is 0 Å². The molecule has 0 bridgehead atoms. The number of aromatic nitrogens is 2. The predicted molar refractivity (Wildman–Crippen MR) is 96.8 cm³/mol. The summed E-state index contributed by atoms with van der Waals surface area (Å²) in [5, 5.41) is 3.17. The number of aliphatic imine (C=N–C) groups is 1. The Kier molecular flexibility index (Phi) is 4.88. The van der Waals surface area contributed by atoms with Gasteiger partial charge >= 0.3 is 0 Å². The topological polar surface area (TPSA) is 59.4 Å². The number of nitrogens with one attached hydrogen (secondary N) is 1. The molecule has 0 spiro atoms. The van der Waals surface area contributed by atoms with Gasteiger partial charge in [0.25, 0.3) is 5.56 Å². The quantitative estimate of drug-likeness (QED) is 0.872. The predicted octanol–water partition coefficient (Wildman–Crippen LogP) is 3.62. The molecule has 1 aliphatic carbocycles. The average Bonchev–Trinajstić information content (AvgIpc) is 2.90. The molecule has 0 saturated heterocycles. The van der Waals surface area contributed by atoms with Gasteiger partial charge in [-0.05, 0) is 51.0 Å². The molecule has 1 aromatic carbocycles. The largest absolute Gasteiger partial charge is 0.497 e. The minimum Gasteiger partial charge on any atom is -0.497 e. The van der Waals surface area contributed by atoms with E-state index in [1.54, 1.807) is 11.8 Å². The van der Waals surface area contributed by atoms with E-state index < -0.39 is 0 Å².